The lowest BCUT2D eigenvalue weighted by Crippen LogP contribution is -2.29. The molecule has 0 saturated carbocycles. The van der Waals surface area contributed by atoms with Crippen molar-refractivity contribution in [1.82, 2.24) is 22.4 Å². The number of halogens is 2. The highest BCUT2D eigenvalue weighted by Crippen LogP contribution is 2.33. The third-order valence-electron chi connectivity index (χ3n) is 3.66. The van der Waals surface area contributed by atoms with Gasteiger partial charge < -0.3 is 0 Å². The van der Waals surface area contributed by atoms with Crippen molar-refractivity contribution in [2.45, 2.75) is 19.5 Å². The van der Waals surface area contributed by atoms with Crippen LogP contribution in [0.1, 0.15) is 13.1 Å². The highest BCUT2D eigenvalue weighted by atomic mass is 79.9. The number of fused-ring (bicyclic) bond motifs is 1. The Bertz CT molecular complexity index is 1230. The van der Waals surface area contributed by atoms with E-state index in [0.717, 1.165) is 20.7 Å². The fraction of sp³-hybridized carbons (Fsp3) is 0.286. The Kier molecular flexibility index (Phi) is 5.54. The molecular weight excluding hydrogens is 465 g/mol. The summed E-state index contributed by atoms with van der Waals surface area (Å²) in [5, 5.41) is 3.35. The lowest BCUT2D eigenvalue weighted by Gasteiger charge is -2.09. The summed E-state index contributed by atoms with van der Waals surface area (Å²) >= 11 is 3.29. The van der Waals surface area contributed by atoms with E-state index in [1.54, 1.807) is 0 Å². The molecule has 13 heteroatoms. The van der Waals surface area contributed by atoms with Crippen molar-refractivity contribution >= 4 is 47.1 Å². The van der Waals surface area contributed by atoms with Crippen LogP contribution in [-0.4, -0.2) is 53.4 Å². The first-order valence-corrected chi connectivity index (χ1v) is 10.7. The smallest absolute Gasteiger partial charge is 0.234 e. The standard InChI is InChI=1S/C13H13BrFN5O4S2.CH4/c1-8-12(14)10-5-4-9(15)6-11(10)20(8)25(21,22)13-16-7-19(17-13)26(23,24)18(2)3;/h4-7H,1-3H3;1H4. The summed E-state index contributed by atoms with van der Waals surface area (Å²) in [5.41, 5.74) is 0.360. The minimum absolute atomic E-state index is 0. The molecule has 3 aromatic rings. The Balaban J connectivity index is 0.00000261. The molecule has 0 aliphatic rings. The summed E-state index contributed by atoms with van der Waals surface area (Å²) < 4.78 is 66.4. The van der Waals surface area contributed by atoms with E-state index < -0.39 is 31.2 Å². The molecule has 0 atom stereocenters. The number of aromatic nitrogens is 4. The molecular formula is C14H17BrFN5O4S2. The van der Waals surface area contributed by atoms with Crippen molar-refractivity contribution in [3.63, 3.8) is 0 Å². The minimum atomic E-state index is -4.36. The lowest BCUT2D eigenvalue weighted by atomic mass is 10.2. The molecule has 2 aromatic heterocycles. The summed E-state index contributed by atoms with van der Waals surface area (Å²) in [6.07, 6.45) is 0.791. The quantitative estimate of drug-likeness (QED) is 0.563. The summed E-state index contributed by atoms with van der Waals surface area (Å²) in [6, 6.07) is 3.72. The molecule has 0 spiro atoms. The summed E-state index contributed by atoms with van der Waals surface area (Å²) in [4.78, 5) is 3.62. The molecule has 0 amide bonds. The number of benzene rings is 1. The molecule has 27 heavy (non-hydrogen) atoms. The van der Waals surface area contributed by atoms with Gasteiger partial charge in [0.05, 0.1) is 5.52 Å². The zero-order valence-corrected chi connectivity index (χ0v) is 17.0. The van der Waals surface area contributed by atoms with E-state index in [4.69, 9.17) is 0 Å². The van der Waals surface area contributed by atoms with E-state index in [2.05, 4.69) is 26.0 Å². The van der Waals surface area contributed by atoms with Gasteiger partial charge in [-0.2, -0.15) is 21.1 Å². The molecule has 9 nitrogen and oxygen atoms in total. The minimum Gasteiger partial charge on any atom is -0.234 e. The van der Waals surface area contributed by atoms with Crippen molar-refractivity contribution in [3.8, 4) is 0 Å². The number of rotatable bonds is 4. The number of hydrogen-bond acceptors (Lipinski definition) is 6. The van der Waals surface area contributed by atoms with Gasteiger partial charge in [0.2, 0.25) is 0 Å². The van der Waals surface area contributed by atoms with Gasteiger partial charge in [0.1, 0.15) is 12.1 Å². The van der Waals surface area contributed by atoms with Crippen LogP contribution in [0.5, 0.6) is 0 Å². The zero-order chi connectivity index (χ0) is 19.4. The highest BCUT2D eigenvalue weighted by Gasteiger charge is 2.30. The second-order valence-electron chi connectivity index (χ2n) is 5.52. The fourth-order valence-corrected chi connectivity index (χ4v) is 5.11. The molecule has 0 bridgehead atoms. The average Bonchev–Trinajstić information content (AvgIpc) is 3.13. The molecule has 0 saturated heterocycles. The van der Waals surface area contributed by atoms with E-state index in [-0.39, 0.29) is 18.6 Å². The van der Waals surface area contributed by atoms with Gasteiger partial charge in [-0.15, -0.1) is 9.19 Å². The number of nitrogens with zero attached hydrogens (tertiary/aromatic N) is 5. The van der Waals surface area contributed by atoms with Crippen molar-refractivity contribution in [2.75, 3.05) is 14.1 Å². The maximum absolute atomic E-state index is 13.7. The van der Waals surface area contributed by atoms with Gasteiger partial charge in [-0.05, 0) is 41.1 Å². The molecule has 148 valence electrons. The van der Waals surface area contributed by atoms with Gasteiger partial charge in [0, 0.05) is 29.6 Å². The largest absolute Gasteiger partial charge is 0.323 e. The maximum atomic E-state index is 13.7. The molecule has 0 fully saturated rings. The average molecular weight is 482 g/mol. The SMILES string of the molecule is C.Cc1c(Br)c2ccc(F)cc2n1S(=O)(=O)c1ncn(S(=O)(=O)N(C)C)n1. The molecule has 0 aliphatic carbocycles. The predicted molar refractivity (Wildman–Crippen MR) is 102 cm³/mol. The van der Waals surface area contributed by atoms with E-state index in [0.29, 0.717) is 13.9 Å². The van der Waals surface area contributed by atoms with Gasteiger partial charge in [-0.1, -0.05) is 7.43 Å². The van der Waals surface area contributed by atoms with Crippen LogP contribution in [0.4, 0.5) is 4.39 Å². The Morgan fingerprint density at radius 3 is 2.41 bits per heavy atom. The van der Waals surface area contributed by atoms with Gasteiger partial charge in [-0.3, -0.25) is 0 Å². The Labute approximate surface area is 164 Å². The molecule has 0 unspecified atom stereocenters. The van der Waals surface area contributed by atoms with Crippen LogP contribution in [-0.2, 0) is 20.2 Å². The van der Waals surface area contributed by atoms with Crippen molar-refractivity contribution in [3.05, 3.63) is 40.5 Å². The van der Waals surface area contributed by atoms with Crippen LogP contribution in [0.3, 0.4) is 0 Å². The first kappa shape index (κ1) is 21.5. The summed E-state index contributed by atoms with van der Waals surface area (Å²) in [7, 11) is -5.84. The maximum Gasteiger partial charge on any atom is 0.323 e. The Hall–Kier alpha value is -1.83. The highest BCUT2D eigenvalue weighted by molar-refractivity contribution is 9.10. The van der Waals surface area contributed by atoms with E-state index in [1.165, 1.54) is 33.2 Å². The normalized spacial score (nSPS) is 12.5. The second kappa shape index (κ2) is 6.96. The van der Waals surface area contributed by atoms with Crippen molar-refractivity contribution < 1.29 is 21.2 Å². The van der Waals surface area contributed by atoms with Gasteiger partial charge >= 0.3 is 20.2 Å². The topological polar surface area (TPSA) is 107 Å². The molecule has 0 N–H and O–H groups in total. The summed E-state index contributed by atoms with van der Waals surface area (Å²) in [6.45, 7) is 1.52. The molecule has 2 heterocycles. The second-order valence-corrected chi connectivity index (χ2v) is 9.99. The van der Waals surface area contributed by atoms with Crippen molar-refractivity contribution in [2.24, 2.45) is 0 Å². The zero-order valence-electron chi connectivity index (χ0n) is 13.8. The predicted octanol–water partition coefficient (Wildman–Crippen LogP) is 1.97. The van der Waals surface area contributed by atoms with Crippen LogP contribution in [0.2, 0.25) is 0 Å². The molecule has 0 aliphatic heterocycles. The van der Waals surface area contributed by atoms with E-state index >= 15 is 0 Å². The van der Waals surface area contributed by atoms with Crippen LogP contribution in [0, 0.1) is 12.7 Å². The number of hydrogen-bond donors (Lipinski definition) is 0. The molecule has 1 aromatic carbocycles. The van der Waals surface area contributed by atoms with Crippen LogP contribution < -0.4 is 0 Å². The Morgan fingerprint density at radius 1 is 1.19 bits per heavy atom. The molecule has 0 radical (unpaired) electrons. The van der Waals surface area contributed by atoms with Crippen LogP contribution >= 0.6 is 15.9 Å². The monoisotopic (exact) mass is 481 g/mol. The third kappa shape index (κ3) is 3.28. The fourth-order valence-electron chi connectivity index (χ4n) is 2.35. The Morgan fingerprint density at radius 2 is 1.81 bits per heavy atom. The lowest BCUT2D eigenvalue weighted by molar-refractivity contribution is 0.502. The first-order valence-electron chi connectivity index (χ1n) is 7.04. The van der Waals surface area contributed by atoms with Crippen molar-refractivity contribution in [1.29, 1.82) is 0 Å². The van der Waals surface area contributed by atoms with Gasteiger partial charge in [0.25, 0.3) is 5.16 Å². The van der Waals surface area contributed by atoms with Gasteiger partial charge in [-0.25, -0.2) is 13.3 Å². The van der Waals surface area contributed by atoms with E-state index in [1.807, 2.05) is 0 Å². The van der Waals surface area contributed by atoms with E-state index in [9.17, 15) is 21.2 Å². The van der Waals surface area contributed by atoms with Crippen LogP contribution in [0.25, 0.3) is 10.9 Å². The third-order valence-corrected chi connectivity index (χ3v) is 7.83. The molecule has 3 rings (SSSR count). The van der Waals surface area contributed by atoms with Gasteiger partial charge in [0.15, 0.2) is 0 Å². The first-order chi connectivity index (χ1) is 12.0. The van der Waals surface area contributed by atoms with Crippen LogP contribution in [0.15, 0.2) is 34.2 Å². The summed E-state index contributed by atoms with van der Waals surface area (Å²) in [5.74, 6) is -0.618.